The number of carbonyl (C=O) groups is 6. The van der Waals surface area contributed by atoms with E-state index in [9.17, 15) is 39.0 Å². The van der Waals surface area contributed by atoms with E-state index in [-0.39, 0.29) is 45.8 Å². The molecule has 0 aromatic heterocycles. The van der Waals surface area contributed by atoms with Gasteiger partial charge in [0.25, 0.3) is 0 Å². The molecule has 0 aliphatic carbocycles. The first-order valence-corrected chi connectivity index (χ1v) is 18.8. The molecule has 0 radical (unpaired) electrons. The molecule has 7 aromatic carbocycles. The van der Waals surface area contributed by atoms with Gasteiger partial charge in [0, 0.05) is 22.8 Å². The largest absolute Gasteiger partial charge is 0.508 e. The lowest BCUT2D eigenvalue weighted by molar-refractivity contribution is 0.111. The summed E-state index contributed by atoms with van der Waals surface area (Å²) in [5.41, 5.74) is 2.46. The van der Waals surface area contributed by atoms with Crippen molar-refractivity contribution in [2.45, 2.75) is 0 Å². The lowest BCUT2D eigenvalue weighted by Gasteiger charge is -2.01. The molecule has 7 aromatic rings. The van der Waals surface area contributed by atoms with Crippen molar-refractivity contribution in [3.63, 3.8) is 0 Å². The zero-order valence-corrected chi connectivity index (χ0v) is 34.8. The molecule has 61 heavy (non-hydrogen) atoms. The molecule has 0 aliphatic heterocycles. The predicted molar refractivity (Wildman–Crippen MR) is 236 cm³/mol. The number of rotatable bonds is 6. The highest BCUT2D eigenvalue weighted by Gasteiger charge is 2.05. The molecular weight excluding hydrogens is 920 g/mol. The number of hydrogen-bond acceptors (Lipinski definition) is 13. The summed E-state index contributed by atoms with van der Waals surface area (Å²) in [6.07, 6.45) is 3.97. The highest BCUT2D eigenvalue weighted by molar-refractivity contribution is 9.11. The van der Waals surface area contributed by atoms with Crippen LogP contribution in [0.25, 0.3) is 10.8 Å². The fourth-order valence-electron chi connectivity index (χ4n) is 4.43. The number of carbonyl (C=O) groups excluding carboxylic acids is 6. The molecule has 0 saturated carbocycles. The molecule has 0 fully saturated rings. The minimum atomic E-state index is -0.199. The van der Waals surface area contributed by atoms with Gasteiger partial charge in [-0.05, 0) is 121 Å². The van der Waals surface area contributed by atoms with Crippen LogP contribution in [0.3, 0.4) is 0 Å². The fourth-order valence-corrected chi connectivity index (χ4v) is 5.65. The Bertz CT molecular complexity index is 2530. The fraction of sp³-hybridized carbons (Fsp3) is 0. The van der Waals surface area contributed by atoms with Crippen LogP contribution >= 0.6 is 31.9 Å². The number of hydrogen-bond donors (Lipinski definition) is 7. The highest BCUT2D eigenvalue weighted by atomic mass is 79.9. The van der Waals surface area contributed by atoms with Crippen molar-refractivity contribution < 1.29 is 64.5 Å². The van der Waals surface area contributed by atoms with Gasteiger partial charge >= 0.3 is 0 Å². The Balaban J connectivity index is 0.000000254. The van der Waals surface area contributed by atoms with Crippen LogP contribution < -0.4 is 0 Å². The summed E-state index contributed by atoms with van der Waals surface area (Å²) in [7, 11) is 0. The number of fused-ring (bicyclic) bond motifs is 1. The van der Waals surface area contributed by atoms with Gasteiger partial charge in [0.1, 0.15) is 59.1 Å². The molecule has 0 bridgehead atoms. The molecule has 0 atom stereocenters. The SMILES string of the molecule is O=Cc1c(O)ccc2ccccc12.O=Cc1cc(Br)c(O)c(Br)c1.O=Cc1ccc(O)cc1.O=Cc1ccc(O)cc1O.O=Cc1cccc(O)c1.O=Cc1ccccc1O. The lowest BCUT2D eigenvalue weighted by Crippen LogP contribution is -1.83. The van der Waals surface area contributed by atoms with E-state index in [4.69, 9.17) is 25.5 Å². The zero-order chi connectivity index (χ0) is 45.3. The van der Waals surface area contributed by atoms with Gasteiger partial charge in [0.15, 0.2) is 18.9 Å². The van der Waals surface area contributed by atoms with Crippen molar-refractivity contribution >= 4 is 80.3 Å². The summed E-state index contributed by atoms with van der Waals surface area (Å²) in [6.45, 7) is 0. The van der Waals surface area contributed by atoms with E-state index in [1.54, 1.807) is 60.7 Å². The van der Waals surface area contributed by atoms with Crippen LogP contribution in [0.4, 0.5) is 0 Å². The maximum atomic E-state index is 10.7. The van der Waals surface area contributed by atoms with Gasteiger partial charge in [-0.15, -0.1) is 0 Å². The summed E-state index contributed by atoms with van der Waals surface area (Å²) in [5, 5.41) is 64.4. The second-order valence-electron chi connectivity index (χ2n) is 11.7. The van der Waals surface area contributed by atoms with Crippen LogP contribution in [0.1, 0.15) is 62.1 Å². The van der Waals surface area contributed by atoms with Crippen LogP contribution in [0, 0.1) is 0 Å². The van der Waals surface area contributed by atoms with Gasteiger partial charge < -0.3 is 35.7 Å². The maximum Gasteiger partial charge on any atom is 0.154 e. The van der Waals surface area contributed by atoms with Gasteiger partial charge in [0.2, 0.25) is 0 Å². The summed E-state index contributed by atoms with van der Waals surface area (Å²) < 4.78 is 1.02. The number of benzene rings is 7. The second-order valence-corrected chi connectivity index (χ2v) is 13.5. The topological polar surface area (TPSA) is 244 Å². The van der Waals surface area contributed by atoms with Gasteiger partial charge in [-0.3, -0.25) is 28.8 Å². The molecular formula is C46H36Br2O13. The Hall–Kier alpha value is -7.62. The summed E-state index contributed by atoms with van der Waals surface area (Å²) in [4.78, 5) is 61.2. The first-order chi connectivity index (χ1) is 29.2. The number of para-hydroxylation sites is 1. The minimum absolute atomic E-state index is 0.0347. The molecule has 0 amide bonds. The van der Waals surface area contributed by atoms with Gasteiger partial charge in [-0.2, -0.15) is 0 Å². The Morgan fingerprint density at radius 3 is 1.41 bits per heavy atom. The van der Waals surface area contributed by atoms with Gasteiger partial charge in [0.05, 0.1) is 25.6 Å². The van der Waals surface area contributed by atoms with E-state index in [0.717, 1.165) is 29.4 Å². The van der Waals surface area contributed by atoms with Crippen molar-refractivity contribution in [2.75, 3.05) is 0 Å². The lowest BCUT2D eigenvalue weighted by atomic mass is 10.0. The average molecular weight is 957 g/mol. The van der Waals surface area contributed by atoms with Crippen LogP contribution in [-0.4, -0.2) is 73.5 Å². The monoisotopic (exact) mass is 954 g/mol. The standard InChI is InChI=1S/C11H8O2.C7H4Br2O2.C7H6O3.3C7H6O2/c12-7-10-9-4-2-1-3-8(9)5-6-11(10)13;8-5-1-4(3-10)2-6(9)7(5)11;8-4-5-1-2-6(9)3-7(5)10;8-5-6-1-3-7(9)4-2-6;8-5-6-2-1-3-7(9)4-6;8-5-6-3-1-2-4-7(6)9/h1-7,13H;1-3,11H;1-4,9-10H;3*1-5,9H. The molecule has 312 valence electrons. The average Bonchev–Trinajstić information content (AvgIpc) is 3.27. The second kappa shape index (κ2) is 26.4. The summed E-state index contributed by atoms with van der Waals surface area (Å²) in [6, 6.07) is 36.3. The summed E-state index contributed by atoms with van der Waals surface area (Å²) in [5.74, 6) is 0.232. The first-order valence-electron chi connectivity index (χ1n) is 17.2. The van der Waals surface area contributed by atoms with Crippen LogP contribution in [0.15, 0.2) is 148 Å². The van der Waals surface area contributed by atoms with Crippen LogP contribution in [-0.2, 0) is 0 Å². The maximum absolute atomic E-state index is 10.7. The molecule has 0 spiro atoms. The van der Waals surface area contributed by atoms with Crippen molar-refractivity contribution in [2.24, 2.45) is 0 Å². The number of phenols is 7. The number of halogens is 2. The van der Waals surface area contributed by atoms with Crippen LogP contribution in [0.2, 0.25) is 0 Å². The quantitative estimate of drug-likeness (QED) is 0.0769. The molecule has 7 rings (SSSR count). The Kier molecular flexibility index (Phi) is 21.4. The third kappa shape index (κ3) is 17.0. The predicted octanol–water partition coefficient (Wildman–Crippen LogP) is 9.61. The number of phenolic OH excluding ortho intramolecular Hbond substituents is 7. The van der Waals surface area contributed by atoms with E-state index < -0.39 is 0 Å². The van der Waals surface area contributed by atoms with E-state index in [1.165, 1.54) is 48.5 Å². The molecule has 0 heterocycles. The third-order valence-corrected chi connectivity index (χ3v) is 8.69. The van der Waals surface area contributed by atoms with E-state index >= 15 is 0 Å². The minimum Gasteiger partial charge on any atom is -0.508 e. The molecule has 7 N–H and O–H groups in total. The van der Waals surface area contributed by atoms with E-state index in [0.29, 0.717) is 61.9 Å². The first kappa shape index (κ1) is 49.5. The Morgan fingerprint density at radius 2 is 0.902 bits per heavy atom. The molecule has 0 saturated heterocycles. The van der Waals surface area contributed by atoms with Crippen molar-refractivity contribution in [3.05, 3.63) is 182 Å². The van der Waals surface area contributed by atoms with Gasteiger partial charge in [-0.1, -0.05) is 54.6 Å². The van der Waals surface area contributed by atoms with Crippen LogP contribution in [0.5, 0.6) is 40.2 Å². The van der Waals surface area contributed by atoms with Crippen molar-refractivity contribution in [1.29, 1.82) is 0 Å². The number of aromatic hydroxyl groups is 7. The summed E-state index contributed by atoms with van der Waals surface area (Å²) >= 11 is 6.20. The third-order valence-electron chi connectivity index (χ3n) is 7.48. The zero-order valence-electron chi connectivity index (χ0n) is 31.6. The Labute approximate surface area is 365 Å². The van der Waals surface area contributed by atoms with E-state index in [2.05, 4.69) is 31.9 Å². The number of aldehydes is 6. The van der Waals surface area contributed by atoms with Gasteiger partial charge in [-0.25, -0.2) is 0 Å². The molecule has 13 nitrogen and oxygen atoms in total. The smallest absolute Gasteiger partial charge is 0.154 e. The molecule has 0 unspecified atom stereocenters. The van der Waals surface area contributed by atoms with Crippen molar-refractivity contribution in [3.8, 4) is 40.2 Å². The molecule has 15 heteroatoms. The van der Waals surface area contributed by atoms with E-state index in [1.807, 2.05) is 24.3 Å². The highest BCUT2D eigenvalue weighted by Crippen LogP contribution is 2.32. The normalized spacial score (nSPS) is 9.34. The van der Waals surface area contributed by atoms with Crippen molar-refractivity contribution in [1.82, 2.24) is 0 Å². The Morgan fingerprint density at radius 1 is 0.361 bits per heavy atom. The molecule has 0 aliphatic rings.